The fourth-order valence-corrected chi connectivity index (χ4v) is 4.33. The third kappa shape index (κ3) is 5.15. The first kappa shape index (κ1) is 25.8. The highest BCUT2D eigenvalue weighted by atomic mass is 16.7. The Morgan fingerprint density at radius 2 is 1.81 bits per heavy atom. The fraction of sp³-hybridized carbons (Fsp3) is 0.619. The van der Waals surface area contributed by atoms with Gasteiger partial charge in [0.05, 0.1) is 37.5 Å². The summed E-state index contributed by atoms with van der Waals surface area (Å²) in [6, 6.07) is 1.67. The van der Waals surface area contributed by atoms with Gasteiger partial charge in [-0.3, -0.25) is 4.57 Å². The number of rotatable bonds is 8. The lowest BCUT2D eigenvalue weighted by molar-refractivity contribution is -0.304. The van der Waals surface area contributed by atoms with Gasteiger partial charge in [0.15, 0.2) is 6.29 Å². The van der Waals surface area contributed by atoms with Crippen LogP contribution in [0.5, 0.6) is 0 Å². The molecule has 5 rings (SSSR count). The number of nitrogens with zero attached hydrogens (tertiary/aromatic N) is 5. The zero-order chi connectivity index (χ0) is 26.3. The number of hydrogen-bond acceptors (Lipinski definition) is 14. The van der Waals surface area contributed by atoms with Crippen LogP contribution in [-0.4, -0.2) is 111 Å². The minimum atomic E-state index is -1.55. The summed E-state index contributed by atoms with van der Waals surface area (Å²) in [6.07, 6.45) is -6.21. The lowest BCUT2D eigenvalue weighted by Crippen LogP contribution is -2.59. The van der Waals surface area contributed by atoms with E-state index in [0.717, 1.165) is 0 Å². The second-order valence-electron chi connectivity index (χ2n) is 8.93. The Hall–Kier alpha value is -2.80. The van der Waals surface area contributed by atoms with E-state index >= 15 is 0 Å². The summed E-state index contributed by atoms with van der Waals surface area (Å²) < 4.78 is 24.6. The molecule has 0 unspecified atom stereocenters. The summed E-state index contributed by atoms with van der Waals surface area (Å²) >= 11 is 0. The highest BCUT2D eigenvalue weighted by Crippen LogP contribution is 2.28. The molecule has 0 aliphatic carbocycles. The monoisotopic (exact) mass is 525 g/mol. The van der Waals surface area contributed by atoms with Crippen LogP contribution in [0.4, 0.5) is 0 Å². The Labute approximate surface area is 207 Å². The molecule has 2 saturated heterocycles. The molecule has 3 aromatic heterocycles. The molecular formula is C21H27N5O11. The molecule has 8 atom stereocenters. The Balaban J connectivity index is 1.23. The molecule has 16 heteroatoms. The first-order valence-electron chi connectivity index (χ1n) is 11.5. The summed E-state index contributed by atoms with van der Waals surface area (Å²) in [5, 5.41) is 66.7. The van der Waals surface area contributed by atoms with Gasteiger partial charge in [-0.2, -0.15) is 4.98 Å². The maximum Gasteiger partial charge on any atom is 0.353 e. The van der Waals surface area contributed by atoms with E-state index in [1.807, 2.05) is 0 Å². The first-order valence-corrected chi connectivity index (χ1v) is 11.5. The number of furan rings is 1. The molecule has 0 radical (unpaired) electrons. The third-order valence-corrected chi connectivity index (χ3v) is 6.33. The summed E-state index contributed by atoms with van der Waals surface area (Å²) in [6.45, 7) is -0.944. The molecule has 202 valence electrons. The van der Waals surface area contributed by atoms with Crippen molar-refractivity contribution in [1.82, 2.24) is 24.5 Å². The Morgan fingerprint density at radius 1 is 1.03 bits per heavy atom. The highest BCUT2D eigenvalue weighted by Gasteiger charge is 2.44. The van der Waals surface area contributed by atoms with Gasteiger partial charge in [-0.05, 0) is 6.07 Å². The summed E-state index contributed by atoms with van der Waals surface area (Å²) in [7, 11) is 0. The van der Waals surface area contributed by atoms with Crippen LogP contribution in [0.25, 0.3) is 11.1 Å². The number of aliphatic hydroxyl groups is 6. The van der Waals surface area contributed by atoms with Gasteiger partial charge in [0.1, 0.15) is 54.7 Å². The largest absolute Gasteiger partial charge is 0.441 e. The Bertz CT molecular complexity index is 1280. The molecule has 3 aromatic rings. The molecule has 5 heterocycles. The lowest BCUT2D eigenvalue weighted by atomic mass is 9.99. The SMILES string of the molecule is O=c1nc2oc(Cn3cc(CO[C@@H]4O[C@H](CO)[C@H](O)[C@H](O)[C@H]4O)nn3)cc2cn1[C@H]1C[C@H](O)[C@@H](CO)O1. The fourth-order valence-electron chi connectivity index (χ4n) is 4.33. The molecule has 37 heavy (non-hydrogen) atoms. The predicted octanol–water partition coefficient (Wildman–Crippen LogP) is -3.41. The van der Waals surface area contributed by atoms with Crippen molar-refractivity contribution >= 4 is 11.1 Å². The van der Waals surface area contributed by atoms with Gasteiger partial charge in [-0.1, -0.05) is 5.21 Å². The van der Waals surface area contributed by atoms with E-state index in [9.17, 15) is 35.4 Å². The van der Waals surface area contributed by atoms with Gasteiger partial charge in [0.2, 0.25) is 5.71 Å². The second-order valence-corrected chi connectivity index (χ2v) is 8.93. The van der Waals surface area contributed by atoms with Crippen molar-refractivity contribution in [3.05, 3.63) is 40.4 Å². The van der Waals surface area contributed by atoms with Gasteiger partial charge >= 0.3 is 5.69 Å². The average molecular weight is 525 g/mol. The zero-order valence-corrected chi connectivity index (χ0v) is 19.3. The van der Waals surface area contributed by atoms with Gasteiger partial charge < -0.3 is 49.3 Å². The minimum absolute atomic E-state index is 0.111. The molecule has 0 saturated carbocycles. The molecule has 0 aromatic carbocycles. The van der Waals surface area contributed by atoms with E-state index < -0.39 is 61.4 Å². The van der Waals surface area contributed by atoms with Crippen LogP contribution in [0.1, 0.15) is 24.1 Å². The van der Waals surface area contributed by atoms with E-state index in [4.69, 9.17) is 18.6 Å². The van der Waals surface area contributed by atoms with Gasteiger partial charge in [0, 0.05) is 12.6 Å². The number of hydrogen-bond donors (Lipinski definition) is 6. The van der Waals surface area contributed by atoms with Crippen LogP contribution in [0.3, 0.4) is 0 Å². The molecule has 16 nitrogen and oxygen atoms in total. The number of ether oxygens (including phenoxy) is 3. The smallest absolute Gasteiger partial charge is 0.353 e. The van der Waals surface area contributed by atoms with Crippen molar-refractivity contribution < 1.29 is 49.3 Å². The number of aliphatic hydroxyl groups excluding tert-OH is 6. The summed E-state index contributed by atoms with van der Waals surface area (Å²) in [5.74, 6) is 0.423. The van der Waals surface area contributed by atoms with Crippen molar-refractivity contribution in [2.45, 2.75) is 68.7 Å². The van der Waals surface area contributed by atoms with E-state index in [-0.39, 0.29) is 31.9 Å². The maximum absolute atomic E-state index is 12.5. The van der Waals surface area contributed by atoms with Crippen molar-refractivity contribution in [3.8, 4) is 0 Å². The van der Waals surface area contributed by atoms with Gasteiger partial charge in [0.25, 0.3) is 0 Å². The molecular weight excluding hydrogens is 498 g/mol. The van der Waals surface area contributed by atoms with Crippen LogP contribution < -0.4 is 5.69 Å². The van der Waals surface area contributed by atoms with Crippen molar-refractivity contribution in [2.24, 2.45) is 0 Å². The average Bonchev–Trinajstić information content (AvgIpc) is 3.59. The number of aromatic nitrogens is 5. The molecule has 2 aliphatic heterocycles. The van der Waals surface area contributed by atoms with Crippen LogP contribution in [0.15, 0.2) is 27.7 Å². The van der Waals surface area contributed by atoms with E-state index in [2.05, 4.69) is 15.3 Å². The van der Waals surface area contributed by atoms with Crippen LogP contribution in [-0.2, 0) is 27.4 Å². The van der Waals surface area contributed by atoms with Crippen molar-refractivity contribution in [1.29, 1.82) is 0 Å². The van der Waals surface area contributed by atoms with Crippen LogP contribution >= 0.6 is 0 Å². The van der Waals surface area contributed by atoms with Gasteiger partial charge in [-0.15, -0.1) is 5.10 Å². The third-order valence-electron chi connectivity index (χ3n) is 6.33. The van der Waals surface area contributed by atoms with Gasteiger partial charge in [-0.25, -0.2) is 9.48 Å². The van der Waals surface area contributed by atoms with E-state index in [1.165, 1.54) is 15.4 Å². The molecule has 2 aliphatic rings. The van der Waals surface area contributed by atoms with Crippen LogP contribution in [0.2, 0.25) is 0 Å². The molecule has 6 N–H and O–H groups in total. The zero-order valence-electron chi connectivity index (χ0n) is 19.3. The quantitative estimate of drug-likeness (QED) is 0.168. The minimum Gasteiger partial charge on any atom is -0.441 e. The van der Waals surface area contributed by atoms with E-state index in [1.54, 1.807) is 12.3 Å². The number of fused-ring (bicyclic) bond motifs is 1. The summed E-state index contributed by atoms with van der Waals surface area (Å²) in [4.78, 5) is 16.4. The Kier molecular flexibility index (Phi) is 7.35. The predicted molar refractivity (Wildman–Crippen MR) is 118 cm³/mol. The summed E-state index contributed by atoms with van der Waals surface area (Å²) in [5.41, 5.74) is -0.154. The normalized spacial score (nSPS) is 32.4. The second kappa shape index (κ2) is 10.5. The topological polar surface area (TPSA) is 228 Å². The molecule has 0 spiro atoms. The van der Waals surface area contributed by atoms with Crippen molar-refractivity contribution in [3.63, 3.8) is 0 Å². The maximum atomic E-state index is 12.5. The molecule has 2 fully saturated rings. The standard InChI is InChI=1S/C21H27N5O11/c27-6-13-12(29)2-15(36-13)26-3-9-1-11(35-19(9)22-21(26)33)5-25-4-10(23-24-25)8-34-20-18(32)17(31)16(30)14(7-28)37-20/h1,3-4,12-18,20,27-32H,2,5-8H2/t12-,13+,14+,15+,16-,17-,18+,20+/m0/s1. The first-order chi connectivity index (χ1) is 17.8. The lowest BCUT2D eigenvalue weighted by Gasteiger charge is -2.39. The Morgan fingerprint density at radius 3 is 2.54 bits per heavy atom. The molecule has 0 amide bonds. The molecule has 0 bridgehead atoms. The highest BCUT2D eigenvalue weighted by molar-refractivity contribution is 5.72. The van der Waals surface area contributed by atoms with E-state index in [0.29, 0.717) is 16.8 Å². The van der Waals surface area contributed by atoms with Crippen molar-refractivity contribution in [2.75, 3.05) is 13.2 Å². The van der Waals surface area contributed by atoms with Crippen LogP contribution in [0, 0.1) is 0 Å².